The molecule has 1 aliphatic rings. The second-order valence-corrected chi connectivity index (χ2v) is 12.1. The fourth-order valence-corrected chi connectivity index (χ4v) is 4.95. The number of nitrogens with two attached hydrogens (primary N) is 1. The third kappa shape index (κ3) is 8.59. The van der Waals surface area contributed by atoms with Crippen LogP contribution < -0.4 is 20.5 Å². The Morgan fingerprint density at radius 1 is 1.14 bits per heavy atom. The largest absolute Gasteiger partial charge is 0.489 e. The first-order valence-corrected chi connectivity index (χ1v) is 14.9. The van der Waals surface area contributed by atoms with Crippen molar-refractivity contribution in [2.45, 2.75) is 38.5 Å². The SMILES string of the molecule is CC(OC(N)=O)c1oc(-c2ccc(OC(F)F)c(OCC3CC3)c2)nc1C(=O)NC(CS(C)(=O)=O)c1ccc(F)cc1F. The van der Waals surface area contributed by atoms with Gasteiger partial charge in [0.1, 0.15) is 21.5 Å². The lowest BCUT2D eigenvalue weighted by atomic mass is 10.1. The Morgan fingerprint density at radius 2 is 1.86 bits per heavy atom. The lowest BCUT2D eigenvalue weighted by Gasteiger charge is -2.19. The van der Waals surface area contributed by atoms with Gasteiger partial charge in [-0.3, -0.25) is 4.79 Å². The molecule has 3 aromatic rings. The van der Waals surface area contributed by atoms with Crippen LogP contribution in [0.1, 0.15) is 53.7 Å². The number of nitrogens with zero attached hydrogens (tertiary/aromatic N) is 1. The third-order valence-corrected chi connectivity index (χ3v) is 7.16. The van der Waals surface area contributed by atoms with Crippen LogP contribution in [0, 0.1) is 17.6 Å². The third-order valence-electron chi connectivity index (χ3n) is 6.22. The molecular weight excluding hydrogens is 602 g/mol. The van der Waals surface area contributed by atoms with Crippen LogP contribution in [0.25, 0.3) is 11.5 Å². The number of alkyl halides is 2. The van der Waals surface area contributed by atoms with Crippen LogP contribution in [0.3, 0.4) is 0 Å². The van der Waals surface area contributed by atoms with Gasteiger partial charge in [-0.15, -0.1) is 0 Å². The van der Waals surface area contributed by atoms with E-state index >= 15 is 0 Å². The molecule has 4 rings (SSSR count). The number of ether oxygens (including phenoxy) is 3. The predicted octanol–water partition coefficient (Wildman–Crippen LogP) is 4.68. The molecule has 16 heteroatoms. The quantitative estimate of drug-likeness (QED) is 0.256. The van der Waals surface area contributed by atoms with Crippen molar-refractivity contribution >= 4 is 21.8 Å². The lowest BCUT2D eigenvalue weighted by molar-refractivity contribution is -0.0515. The number of carbonyl (C=O) groups excluding carboxylic acids is 2. The molecule has 43 heavy (non-hydrogen) atoms. The van der Waals surface area contributed by atoms with Crippen molar-refractivity contribution in [3.8, 4) is 23.0 Å². The van der Waals surface area contributed by atoms with Crippen LogP contribution in [0.5, 0.6) is 11.5 Å². The van der Waals surface area contributed by atoms with E-state index < -0.39 is 63.7 Å². The van der Waals surface area contributed by atoms with E-state index in [0.717, 1.165) is 31.2 Å². The fraction of sp³-hybridized carbons (Fsp3) is 0.370. The first kappa shape index (κ1) is 31.6. The Labute approximate surface area is 243 Å². The second-order valence-electron chi connectivity index (χ2n) is 9.89. The van der Waals surface area contributed by atoms with Gasteiger partial charge in [-0.1, -0.05) is 6.07 Å². The van der Waals surface area contributed by atoms with Gasteiger partial charge in [0.25, 0.3) is 5.91 Å². The smallest absolute Gasteiger partial charge is 0.405 e. The minimum absolute atomic E-state index is 0.0445. The summed E-state index contributed by atoms with van der Waals surface area (Å²) >= 11 is 0. The molecule has 1 aliphatic carbocycles. The summed E-state index contributed by atoms with van der Waals surface area (Å²) in [6.07, 6.45) is 0.199. The Balaban J connectivity index is 1.73. The fourth-order valence-electron chi connectivity index (χ4n) is 4.08. The Morgan fingerprint density at radius 3 is 2.47 bits per heavy atom. The molecular formula is C27H27F4N3O8S. The standard InChI is InChI=1S/C27H27F4N3O8S/c1-13(40-27(32)36)23-22(24(35)33-19(12-43(2,37)38)17-7-6-16(28)10-18(17)29)34-25(42-23)15-5-8-20(41-26(30)31)21(9-15)39-11-14-3-4-14/h5-10,13-14,19,26H,3-4,11-12H2,1-2H3,(H2,32,36)(H,33,35). The van der Waals surface area contributed by atoms with Crippen LogP contribution in [0.15, 0.2) is 40.8 Å². The first-order valence-electron chi connectivity index (χ1n) is 12.8. The van der Waals surface area contributed by atoms with E-state index in [4.69, 9.17) is 19.6 Å². The van der Waals surface area contributed by atoms with Crippen LogP contribution in [0.2, 0.25) is 0 Å². The van der Waals surface area contributed by atoms with E-state index in [0.29, 0.717) is 6.07 Å². The molecule has 2 amide bonds. The molecule has 2 unspecified atom stereocenters. The monoisotopic (exact) mass is 629 g/mol. The van der Waals surface area contributed by atoms with Crippen LogP contribution in [-0.4, -0.2) is 50.6 Å². The highest BCUT2D eigenvalue weighted by Crippen LogP contribution is 2.37. The summed E-state index contributed by atoms with van der Waals surface area (Å²) in [5, 5.41) is 2.36. The van der Waals surface area contributed by atoms with E-state index in [-0.39, 0.29) is 46.8 Å². The maximum atomic E-state index is 14.6. The highest BCUT2D eigenvalue weighted by Gasteiger charge is 2.31. The lowest BCUT2D eigenvalue weighted by Crippen LogP contribution is -2.34. The zero-order valence-corrected chi connectivity index (χ0v) is 23.6. The maximum Gasteiger partial charge on any atom is 0.405 e. The van der Waals surface area contributed by atoms with Crippen molar-refractivity contribution in [3.05, 3.63) is 65.1 Å². The summed E-state index contributed by atoms with van der Waals surface area (Å²) < 4.78 is 99.1. The Bertz CT molecular complexity index is 1610. The van der Waals surface area contributed by atoms with Gasteiger partial charge in [0.05, 0.1) is 18.4 Å². The molecule has 1 fully saturated rings. The zero-order chi connectivity index (χ0) is 31.5. The molecule has 2 atom stereocenters. The maximum absolute atomic E-state index is 14.6. The van der Waals surface area contributed by atoms with Gasteiger partial charge in [-0.25, -0.2) is 27.0 Å². The van der Waals surface area contributed by atoms with E-state index in [2.05, 4.69) is 15.0 Å². The molecule has 1 heterocycles. The van der Waals surface area contributed by atoms with Crippen molar-refractivity contribution in [1.82, 2.24) is 10.3 Å². The molecule has 0 radical (unpaired) electrons. The van der Waals surface area contributed by atoms with E-state index in [1.807, 2.05) is 0 Å². The molecule has 1 aromatic heterocycles. The Hall–Kier alpha value is -4.34. The van der Waals surface area contributed by atoms with Gasteiger partial charge >= 0.3 is 12.7 Å². The number of primary amides is 1. The number of rotatable bonds is 13. The minimum Gasteiger partial charge on any atom is -0.489 e. The number of halogens is 4. The molecule has 232 valence electrons. The molecule has 0 saturated heterocycles. The van der Waals surface area contributed by atoms with Crippen molar-refractivity contribution in [2.24, 2.45) is 11.7 Å². The number of nitrogens with one attached hydrogen (secondary N) is 1. The highest BCUT2D eigenvalue weighted by molar-refractivity contribution is 7.90. The van der Waals surface area contributed by atoms with Crippen molar-refractivity contribution in [1.29, 1.82) is 0 Å². The summed E-state index contributed by atoms with van der Waals surface area (Å²) in [5.41, 5.74) is 4.46. The van der Waals surface area contributed by atoms with Crippen molar-refractivity contribution in [3.63, 3.8) is 0 Å². The van der Waals surface area contributed by atoms with E-state index in [1.54, 1.807) is 0 Å². The number of hydrogen-bond acceptors (Lipinski definition) is 9. The predicted molar refractivity (Wildman–Crippen MR) is 142 cm³/mol. The van der Waals surface area contributed by atoms with Gasteiger partial charge in [0.2, 0.25) is 5.89 Å². The van der Waals surface area contributed by atoms with Crippen LogP contribution in [0.4, 0.5) is 22.4 Å². The molecule has 0 spiro atoms. The number of carbonyl (C=O) groups is 2. The van der Waals surface area contributed by atoms with E-state index in [1.165, 1.54) is 25.1 Å². The summed E-state index contributed by atoms with van der Waals surface area (Å²) in [6.45, 7) is -1.57. The van der Waals surface area contributed by atoms with Gasteiger partial charge in [-0.2, -0.15) is 8.78 Å². The molecule has 3 N–H and O–H groups in total. The number of hydrogen-bond donors (Lipinski definition) is 2. The summed E-state index contributed by atoms with van der Waals surface area (Å²) in [5.74, 6) is -4.44. The molecule has 0 aliphatic heterocycles. The topological polar surface area (TPSA) is 160 Å². The summed E-state index contributed by atoms with van der Waals surface area (Å²) in [6, 6.07) is 4.72. The summed E-state index contributed by atoms with van der Waals surface area (Å²) in [4.78, 5) is 29.1. The summed E-state index contributed by atoms with van der Waals surface area (Å²) in [7, 11) is -3.82. The molecule has 11 nitrogen and oxygen atoms in total. The average Bonchev–Trinajstić information content (AvgIpc) is 3.61. The van der Waals surface area contributed by atoms with Crippen molar-refractivity contribution < 1.29 is 54.2 Å². The van der Waals surface area contributed by atoms with Crippen molar-refractivity contribution in [2.75, 3.05) is 18.6 Å². The number of benzene rings is 2. The van der Waals surface area contributed by atoms with Gasteiger partial charge in [-0.05, 0) is 49.9 Å². The molecule has 1 saturated carbocycles. The number of oxazole rings is 1. The Kier molecular flexibility index (Phi) is 9.47. The van der Waals surface area contributed by atoms with Gasteiger partial charge in [0.15, 0.2) is 29.1 Å². The normalized spacial score (nSPS) is 14.7. The molecule has 2 aromatic carbocycles. The average molecular weight is 630 g/mol. The highest BCUT2D eigenvalue weighted by atomic mass is 32.2. The van der Waals surface area contributed by atoms with Crippen LogP contribution in [-0.2, 0) is 14.6 Å². The van der Waals surface area contributed by atoms with E-state index in [9.17, 15) is 35.6 Å². The number of amides is 2. The zero-order valence-electron chi connectivity index (χ0n) is 22.8. The van der Waals surface area contributed by atoms with Crippen LogP contribution >= 0.6 is 0 Å². The number of aromatic nitrogens is 1. The first-order chi connectivity index (χ1) is 20.2. The van der Waals surface area contributed by atoms with Gasteiger partial charge < -0.3 is 29.7 Å². The molecule has 0 bridgehead atoms. The number of sulfone groups is 1. The minimum atomic E-state index is -3.82. The second kappa shape index (κ2) is 12.9. The van der Waals surface area contributed by atoms with Gasteiger partial charge in [0, 0.05) is 23.4 Å².